The molecule has 3 aromatic carbocycles. The molecule has 5 rings (SSSR count). The van der Waals surface area contributed by atoms with Crippen molar-refractivity contribution in [2.24, 2.45) is 10.2 Å². The minimum Gasteiger partial charge on any atom is -0.269 e. The van der Waals surface area contributed by atoms with E-state index >= 15 is 0 Å². The van der Waals surface area contributed by atoms with Gasteiger partial charge in [-0.15, -0.1) is 15.3 Å². The summed E-state index contributed by atoms with van der Waals surface area (Å²) in [6.45, 7) is 0. The van der Waals surface area contributed by atoms with E-state index in [1.54, 1.807) is 4.68 Å². The van der Waals surface area contributed by atoms with Crippen LogP contribution in [0.25, 0.3) is 22.7 Å². The first kappa shape index (κ1) is 17.7. The molecule has 144 valence electrons. The summed E-state index contributed by atoms with van der Waals surface area (Å²) in [7, 11) is 0. The fourth-order valence-corrected chi connectivity index (χ4v) is 3.14. The fraction of sp³-hybridized carbons (Fsp3) is 0. The fourth-order valence-electron chi connectivity index (χ4n) is 3.14. The van der Waals surface area contributed by atoms with Crippen molar-refractivity contribution in [3.8, 4) is 16.9 Å². The summed E-state index contributed by atoms with van der Waals surface area (Å²) < 4.78 is 2.97. The van der Waals surface area contributed by atoms with Crippen molar-refractivity contribution < 1.29 is 0 Å². The molecule has 2 heterocycles. The lowest BCUT2D eigenvalue weighted by Gasteiger charge is -2.04. The summed E-state index contributed by atoms with van der Waals surface area (Å²) >= 11 is 0. The molecule has 0 atom stereocenters. The van der Waals surface area contributed by atoms with Crippen LogP contribution < -0.4 is 5.56 Å². The first-order valence-electron chi connectivity index (χ1n) is 9.40. The average Bonchev–Trinajstić information content (AvgIpc) is 3.19. The largest absolute Gasteiger partial charge is 0.276 e. The van der Waals surface area contributed by atoms with Crippen LogP contribution in [0.2, 0.25) is 0 Å². The molecule has 0 bridgehead atoms. The molecule has 0 N–H and O–H groups in total. The van der Waals surface area contributed by atoms with Crippen molar-refractivity contribution in [2.75, 3.05) is 0 Å². The van der Waals surface area contributed by atoms with Gasteiger partial charge in [0, 0.05) is 11.6 Å². The van der Waals surface area contributed by atoms with Gasteiger partial charge in [0.25, 0.3) is 11.5 Å². The van der Waals surface area contributed by atoms with Gasteiger partial charge in [-0.3, -0.25) is 4.79 Å². The summed E-state index contributed by atoms with van der Waals surface area (Å²) in [5.41, 5.74) is 2.59. The average molecular weight is 392 g/mol. The second-order valence-electron chi connectivity index (χ2n) is 6.56. The lowest BCUT2D eigenvalue weighted by molar-refractivity contribution is 0.891. The maximum Gasteiger partial charge on any atom is 0.276 e. The highest BCUT2D eigenvalue weighted by atomic mass is 16.1. The molecule has 0 amide bonds. The van der Waals surface area contributed by atoms with Gasteiger partial charge in [-0.2, -0.15) is 4.68 Å². The first-order chi connectivity index (χ1) is 14.8. The molecule has 5 aromatic rings. The van der Waals surface area contributed by atoms with Crippen molar-refractivity contribution in [1.82, 2.24) is 19.2 Å². The molecular weight excluding hydrogens is 376 g/mol. The molecule has 0 aliphatic carbocycles. The standard InChI is InChI=1S/C23H16N6O/c30-21-16-20(17-10-4-1-5-11-17)24-23-28(21)22(26-25-18-12-6-2-7-13-18)27-29(23)19-14-8-3-9-15-19/h1-16H. The number of azo groups is 1. The normalized spacial score (nSPS) is 11.3. The Bertz CT molecular complexity index is 1390. The summed E-state index contributed by atoms with van der Waals surface area (Å²) in [5, 5.41) is 13.0. The van der Waals surface area contributed by atoms with Crippen molar-refractivity contribution in [3.05, 3.63) is 107 Å². The number of hydrogen-bond donors (Lipinski definition) is 0. The van der Waals surface area contributed by atoms with Gasteiger partial charge in [-0.05, 0) is 24.3 Å². The van der Waals surface area contributed by atoms with E-state index in [2.05, 4.69) is 15.3 Å². The topological polar surface area (TPSA) is 76.9 Å². The quantitative estimate of drug-likeness (QED) is 0.406. The molecule has 7 nitrogen and oxygen atoms in total. The second-order valence-corrected chi connectivity index (χ2v) is 6.56. The van der Waals surface area contributed by atoms with Gasteiger partial charge in [-0.25, -0.2) is 9.38 Å². The van der Waals surface area contributed by atoms with E-state index in [4.69, 9.17) is 4.98 Å². The van der Waals surface area contributed by atoms with Crippen LogP contribution in [-0.2, 0) is 0 Å². The Hall–Kier alpha value is -4.39. The molecule has 0 saturated heterocycles. The zero-order chi connectivity index (χ0) is 20.3. The van der Waals surface area contributed by atoms with E-state index in [-0.39, 0.29) is 11.5 Å². The van der Waals surface area contributed by atoms with Crippen LogP contribution in [0.15, 0.2) is 112 Å². The Morgan fingerprint density at radius 1 is 0.733 bits per heavy atom. The number of hydrogen-bond acceptors (Lipinski definition) is 5. The molecule has 0 aliphatic heterocycles. The monoisotopic (exact) mass is 392 g/mol. The minimum absolute atomic E-state index is 0.162. The van der Waals surface area contributed by atoms with Gasteiger partial charge in [0.15, 0.2) is 0 Å². The molecule has 0 fully saturated rings. The van der Waals surface area contributed by atoms with Crippen LogP contribution in [0.4, 0.5) is 11.6 Å². The third kappa shape index (κ3) is 3.29. The molecule has 0 radical (unpaired) electrons. The molecule has 30 heavy (non-hydrogen) atoms. The van der Waals surface area contributed by atoms with E-state index in [9.17, 15) is 4.79 Å². The van der Waals surface area contributed by atoms with Gasteiger partial charge in [0.05, 0.1) is 17.1 Å². The zero-order valence-corrected chi connectivity index (χ0v) is 15.8. The number of aromatic nitrogens is 4. The first-order valence-corrected chi connectivity index (χ1v) is 9.40. The molecule has 0 saturated carbocycles. The van der Waals surface area contributed by atoms with E-state index in [0.29, 0.717) is 17.2 Å². The predicted molar refractivity (Wildman–Crippen MR) is 115 cm³/mol. The Morgan fingerprint density at radius 3 is 2.07 bits per heavy atom. The highest BCUT2D eigenvalue weighted by Crippen LogP contribution is 2.22. The molecule has 0 spiro atoms. The molecule has 0 aliphatic rings. The van der Waals surface area contributed by atoms with Crippen molar-refractivity contribution in [2.45, 2.75) is 0 Å². The molecule has 7 heteroatoms. The Balaban J connectivity index is 1.74. The van der Waals surface area contributed by atoms with Gasteiger partial charge in [0.2, 0.25) is 5.78 Å². The Morgan fingerprint density at radius 2 is 1.37 bits per heavy atom. The van der Waals surface area contributed by atoms with Gasteiger partial charge in [0.1, 0.15) is 0 Å². The highest BCUT2D eigenvalue weighted by molar-refractivity contribution is 5.61. The van der Waals surface area contributed by atoms with Crippen LogP contribution in [0.5, 0.6) is 0 Å². The minimum atomic E-state index is -0.275. The smallest absolute Gasteiger partial charge is 0.269 e. The van der Waals surface area contributed by atoms with Crippen LogP contribution in [0.1, 0.15) is 0 Å². The molecule has 0 unspecified atom stereocenters. The summed E-state index contributed by atoms with van der Waals surface area (Å²) in [5.74, 6) is 0.532. The van der Waals surface area contributed by atoms with E-state index in [1.165, 1.54) is 10.5 Å². The van der Waals surface area contributed by atoms with Crippen LogP contribution in [0.3, 0.4) is 0 Å². The van der Waals surface area contributed by atoms with E-state index < -0.39 is 0 Å². The highest BCUT2D eigenvalue weighted by Gasteiger charge is 2.16. The van der Waals surface area contributed by atoms with Crippen molar-refractivity contribution in [1.29, 1.82) is 0 Å². The number of para-hydroxylation sites is 1. The van der Waals surface area contributed by atoms with E-state index in [0.717, 1.165) is 11.3 Å². The van der Waals surface area contributed by atoms with Crippen molar-refractivity contribution >= 4 is 17.4 Å². The maximum absolute atomic E-state index is 13.0. The third-order valence-corrected chi connectivity index (χ3v) is 4.56. The number of fused-ring (bicyclic) bond motifs is 1. The summed E-state index contributed by atoms with van der Waals surface area (Å²) in [4.78, 5) is 17.7. The Kier molecular flexibility index (Phi) is 4.46. The predicted octanol–water partition coefficient (Wildman–Crippen LogP) is 4.96. The van der Waals surface area contributed by atoms with Gasteiger partial charge < -0.3 is 0 Å². The third-order valence-electron chi connectivity index (χ3n) is 4.56. The number of benzene rings is 3. The number of rotatable bonds is 4. The summed E-state index contributed by atoms with van der Waals surface area (Å²) in [6.07, 6.45) is 0. The molecular formula is C23H16N6O. The van der Waals surface area contributed by atoms with Crippen molar-refractivity contribution in [3.63, 3.8) is 0 Å². The molecule has 2 aromatic heterocycles. The number of nitrogens with zero attached hydrogens (tertiary/aromatic N) is 6. The zero-order valence-electron chi connectivity index (χ0n) is 15.8. The Labute approximate surface area is 171 Å². The van der Waals surface area contributed by atoms with Crippen LogP contribution >= 0.6 is 0 Å². The SMILES string of the molecule is O=c1cc(-c2ccccc2)nc2n(-c3ccccc3)nc(N=Nc3ccccc3)n12. The van der Waals surface area contributed by atoms with Crippen LogP contribution in [0, 0.1) is 0 Å². The maximum atomic E-state index is 13.0. The lowest BCUT2D eigenvalue weighted by atomic mass is 10.1. The van der Waals surface area contributed by atoms with Crippen LogP contribution in [-0.4, -0.2) is 19.2 Å². The van der Waals surface area contributed by atoms with E-state index in [1.807, 2.05) is 91.0 Å². The second kappa shape index (κ2) is 7.56. The lowest BCUT2D eigenvalue weighted by Crippen LogP contribution is -2.14. The van der Waals surface area contributed by atoms with Gasteiger partial charge in [-0.1, -0.05) is 66.7 Å². The summed E-state index contributed by atoms with van der Waals surface area (Å²) in [6, 6.07) is 29.9. The van der Waals surface area contributed by atoms with Gasteiger partial charge >= 0.3 is 0 Å².